The zero-order chi connectivity index (χ0) is 20.5. The van der Waals surface area contributed by atoms with Gasteiger partial charge in [-0.25, -0.2) is 19.2 Å². The fourth-order valence-electron chi connectivity index (χ4n) is 3.15. The standard InChI is InChI=1S/C22H21FN4O2/c1-3-13(2)12-29-22(28)18-19-21(26-17-10-5-4-9-16(17)25-19)27(20(18)24)15-8-6-7-14(23)11-15/h4-11,13H,3,12,24H2,1-2H3. The molecule has 0 aliphatic rings. The van der Waals surface area contributed by atoms with Crippen LogP contribution in [0.15, 0.2) is 48.5 Å². The van der Waals surface area contributed by atoms with E-state index in [0.717, 1.165) is 6.42 Å². The first-order valence-corrected chi connectivity index (χ1v) is 9.49. The number of benzene rings is 2. The maximum absolute atomic E-state index is 13.9. The van der Waals surface area contributed by atoms with Crippen molar-refractivity contribution in [2.45, 2.75) is 20.3 Å². The Morgan fingerprint density at radius 3 is 2.59 bits per heavy atom. The van der Waals surface area contributed by atoms with Crippen molar-refractivity contribution in [3.05, 3.63) is 59.9 Å². The first-order chi connectivity index (χ1) is 14.0. The molecule has 0 aliphatic carbocycles. The topological polar surface area (TPSA) is 83.0 Å². The number of nitrogens with zero attached hydrogens (tertiary/aromatic N) is 3. The Morgan fingerprint density at radius 2 is 1.90 bits per heavy atom. The molecule has 2 aromatic heterocycles. The lowest BCUT2D eigenvalue weighted by Crippen LogP contribution is -2.13. The van der Waals surface area contributed by atoms with Gasteiger partial charge < -0.3 is 10.5 Å². The quantitative estimate of drug-likeness (QED) is 0.506. The summed E-state index contributed by atoms with van der Waals surface area (Å²) >= 11 is 0. The van der Waals surface area contributed by atoms with Gasteiger partial charge in [0.25, 0.3) is 0 Å². The first-order valence-electron chi connectivity index (χ1n) is 9.49. The van der Waals surface area contributed by atoms with Crippen molar-refractivity contribution in [2.75, 3.05) is 12.3 Å². The van der Waals surface area contributed by atoms with Gasteiger partial charge in [-0.05, 0) is 36.2 Å². The summed E-state index contributed by atoms with van der Waals surface area (Å²) < 4.78 is 20.9. The van der Waals surface area contributed by atoms with E-state index in [1.807, 2.05) is 38.1 Å². The SMILES string of the molecule is CCC(C)COC(=O)c1c(N)n(-c2cccc(F)c2)c2nc3ccccc3nc12. The van der Waals surface area contributed by atoms with Crippen LogP contribution in [0.4, 0.5) is 10.2 Å². The van der Waals surface area contributed by atoms with Crippen LogP contribution in [0.25, 0.3) is 27.9 Å². The van der Waals surface area contributed by atoms with E-state index >= 15 is 0 Å². The third kappa shape index (κ3) is 3.40. The number of esters is 1. The van der Waals surface area contributed by atoms with Crippen LogP contribution in [0.5, 0.6) is 0 Å². The first kappa shape index (κ1) is 18.9. The number of anilines is 1. The molecule has 0 bridgehead atoms. The van der Waals surface area contributed by atoms with Crippen molar-refractivity contribution >= 4 is 34.0 Å². The van der Waals surface area contributed by atoms with Gasteiger partial charge in [0, 0.05) is 0 Å². The minimum absolute atomic E-state index is 0.120. The lowest BCUT2D eigenvalue weighted by atomic mass is 10.1. The molecule has 4 aromatic rings. The normalized spacial score (nSPS) is 12.4. The molecular weight excluding hydrogens is 371 g/mol. The summed E-state index contributed by atoms with van der Waals surface area (Å²) in [6.45, 7) is 4.31. The molecule has 0 spiro atoms. The third-order valence-electron chi connectivity index (χ3n) is 4.96. The number of nitrogens with two attached hydrogens (primary N) is 1. The molecule has 2 N–H and O–H groups in total. The predicted octanol–water partition coefficient (Wildman–Crippen LogP) is 4.50. The Labute approximate surface area is 167 Å². The van der Waals surface area contributed by atoms with Crippen LogP contribution in [0, 0.1) is 11.7 Å². The summed E-state index contributed by atoms with van der Waals surface area (Å²) in [5, 5.41) is 0. The Balaban J connectivity index is 1.96. The number of carbonyl (C=O) groups is 1. The van der Waals surface area contributed by atoms with Gasteiger partial charge in [0.2, 0.25) is 0 Å². The molecule has 7 heteroatoms. The van der Waals surface area contributed by atoms with Gasteiger partial charge in [-0.1, -0.05) is 38.5 Å². The average Bonchev–Trinajstić information content (AvgIpc) is 3.00. The number of hydrogen-bond donors (Lipinski definition) is 1. The summed E-state index contributed by atoms with van der Waals surface area (Å²) in [6, 6.07) is 13.3. The number of hydrogen-bond acceptors (Lipinski definition) is 5. The Kier molecular flexibility index (Phi) is 4.88. The molecule has 0 saturated carbocycles. The lowest BCUT2D eigenvalue weighted by Gasteiger charge is -2.10. The van der Waals surface area contributed by atoms with Crippen LogP contribution in [0.1, 0.15) is 30.6 Å². The molecule has 6 nitrogen and oxygen atoms in total. The van der Waals surface area contributed by atoms with Crippen LogP contribution in [0.3, 0.4) is 0 Å². The van der Waals surface area contributed by atoms with Crippen molar-refractivity contribution in [2.24, 2.45) is 5.92 Å². The molecular formula is C22H21FN4O2. The minimum atomic E-state index is -0.562. The molecule has 0 fully saturated rings. The highest BCUT2D eigenvalue weighted by Crippen LogP contribution is 2.31. The summed E-state index contributed by atoms with van der Waals surface area (Å²) in [6.07, 6.45) is 0.887. The van der Waals surface area contributed by atoms with Gasteiger partial charge in [-0.2, -0.15) is 0 Å². The number of aromatic nitrogens is 3. The number of carbonyl (C=O) groups excluding carboxylic acids is 1. The van der Waals surface area contributed by atoms with E-state index in [9.17, 15) is 9.18 Å². The van der Waals surface area contributed by atoms with Crippen molar-refractivity contribution in [3.63, 3.8) is 0 Å². The number of ether oxygens (including phenoxy) is 1. The zero-order valence-electron chi connectivity index (χ0n) is 16.2. The van der Waals surface area contributed by atoms with Gasteiger partial charge in [0.15, 0.2) is 5.65 Å². The summed E-state index contributed by atoms with van der Waals surface area (Å²) in [7, 11) is 0. The number of halogens is 1. The number of fused-ring (bicyclic) bond motifs is 2. The predicted molar refractivity (Wildman–Crippen MR) is 110 cm³/mol. The van der Waals surface area contributed by atoms with Crippen LogP contribution in [0.2, 0.25) is 0 Å². The van der Waals surface area contributed by atoms with Gasteiger partial charge in [0.05, 0.1) is 23.3 Å². The smallest absolute Gasteiger partial charge is 0.344 e. The monoisotopic (exact) mass is 392 g/mol. The molecule has 0 amide bonds. The maximum Gasteiger partial charge on any atom is 0.344 e. The highest BCUT2D eigenvalue weighted by molar-refractivity contribution is 6.09. The number of nitrogen functional groups attached to an aromatic ring is 1. The van der Waals surface area contributed by atoms with E-state index in [2.05, 4.69) is 9.97 Å². The second-order valence-corrected chi connectivity index (χ2v) is 7.07. The Morgan fingerprint density at radius 1 is 1.17 bits per heavy atom. The Hall–Kier alpha value is -3.48. The van der Waals surface area contributed by atoms with Crippen LogP contribution in [-0.4, -0.2) is 27.1 Å². The Bertz CT molecular complexity index is 1220. The van der Waals surface area contributed by atoms with Crippen molar-refractivity contribution in [1.82, 2.24) is 14.5 Å². The van der Waals surface area contributed by atoms with Gasteiger partial charge in [-0.15, -0.1) is 0 Å². The zero-order valence-corrected chi connectivity index (χ0v) is 16.2. The molecule has 2 heterocycles. The summed E-state index contributed by atoms with van der Waals surface area (Å²) in [4.78, 5) is 22.2. The summed E-state index contributed by atoms with van der Waals surface area (Å²) in [5.41, 5.74) is 8.95. The van der Waals surface area contributed by atoms with Gasteiger partial charge in [-0.3, -0.25) is 4.57 Å². The number of rotatable bonds is 5. The second kappa shape index (κ2) is 7.50. The third-order valence-corrected chi connectivity index (χ3v) is 4.96. The minimum Gasteiger partial charge on any atom is -0.462 e. The molecule has 0 radical (unpaired) electrons. The van der Waals surface area contributed by atoms with E-state index in [0.29, 0.717) is 27.9 Å². The largest absolute Gasteiger partial charge is 0.462 e. The molecule has 29 heavy (non-hydrogen) atoms. The highest BCUT2D eigenvalue weighted by atomic mass is 19.1. The van der Waals surface area contributed by atoms with E-state index in [-0.39, 0.29) is 23.9 Å². The lowest BCUT2D eigenvalue weighted by molar-refractivity contribution is 0.0450. The second-order valence-electron chi connectivity index (χ2n) is 7.07. The van der Waals surface area contributed by atoms with Crippen LogP contribution < -0.4 is 5.73 Å². The van der Waals surface area contributed by atoms with E-state index in [1.54, 1.807) is 12.1 Å². The van der Waals surface area contributed by atoms with Crippen molar-refractivity contribution in [3.8, 4) is 5.69 Å². The molecule has 1 unspecified atom stereocenters. The molecule has 148 valence electrons. The molecule has 0 aliphatic heterocycles. The van der Waals surface area contributed by atoms with Crippen molar-refractivity contribution < 1.29 is 13.9 Å². The average molecular weight is 392 g/mol. The molecule has 4 rings (SSSR count). The van der Waals surface area contributed by atoms with E-state index in [1.165, 1.54) is 16.7 Å². The van der Waals surface area contributed by atoms with Gasteiger partial charge in [0.1, 0.15) is 22.7 Å². The van der Waals surface area contributed by atoms with E-state index < -0.39 is 11.8 Å². The maximum atomic E-state index is 13.9. The fraction of sp³-hybridized carbons (Fsp3) is 0.227. The molecule has 1 atom stereocenters. The molecule has 0 saturated heterocycles. The molecule has 2 aromatic carbocycles. The van der Waals surface area contributed by atoms with E-state index in [4.69, 9.17) is 10.5 Å². The van der Waals surface area contributed by atoms with Crippen molar-refractivity contribution in [1.29, 1.82) is 0 Å². The summed E-state index contributed by atoms with van der Waals surface area (Å²) in [5.74, 6) is -0.635. The van der Waals surface area contributed by atoms with Crippen LogP contribution in [-0.2, 0) is 4.74 Å². The highest BCUT2D eigenvalue weighted by Gasteiger charge is 2.26. The van der Waals surface area contributed by atoms with Crippen LogP contribution >= 0.6 is 0 Å². The van der Waals surface area contributed by atoms with Gasteiger partial charge >= 0.3 is 5.97 Å². The fourth-order valence-corrected chi connectivity index (χ4v) is 3.15. The number of para-hydroxylation sites is 2.